The second kappa shape index (κ2) is 6.92. The van der Waals surface area contributed by atoms with Gasteiger partial charge in [0.1, 0.15) is 29.8 Å². The van der Waals surface area contributed by atoms with E-state index >= 15 is 0 Å². The molecule has 1 N–H and O–H groups in total. The van der Waals surface area contributed by atoms with Crippen LogP contribution in [0.15, 0.2) is 26.5 Å². The zero-order valence-electron chi connectivity index (χ0n) is 13.6. The number of oxime groups is 1. The van der Waals surface area contributed by atoms with Crippen molar-refractivity contribution in [3.63, 3.8) is 0 Å². The minimum atomic E-state index is -0.699. The molecule has 1 atom stereocenters. The summed E-state index contributed by atoms with van der Waals surface area (Å²) in [4.78, 5) is 16.6. The van der Waals surface area contributed by atoms with E-state index < -0.39 is 5.63 Å². The maximum atomic E-state index is 12.1. The zero-order valence-corrected chi connectivity index (χ0v) is 13.6. The molecule has 1 aliphatic heterocycles. The van der Waals surface area contributed by atoms with E-state index in [0.29, 0.717) is 23.3 Å². The van der Waals surface area contributed by atoms with E-state index in [1.165, 1.54) is 7.11 Å². The monoisotopic (exact) mass is 333 g/mol. The molecule has 0 aliphatic carbocycles. The predicted molar refractivity (Wildman–Crippen MR) is 87.7 cm³/mol. The predicted octanol–water partition coefficient (Wildman–Crippen LogP) is 2.69. The molecular weight excluding hydrogens is 314 g/mol. The molecule has 0 spiro atoms. The van der Waals surface area contributed by atoms with Gasteiger partial charge in [0.25, 0.3) is 0 Å². The van der Waals surface area contributed by atoms with Crippen LogP contribution in [0.1, 0.15) is 30.4 Å². The van der Waals surface area contributed by atoms with Gasteiger partial charge in [0.15, 0.2) is 6.29 Å². The Morgan fingerprint density at radius 2 is 2.21 bits per heavy atom. The highest BCUT2D eigenvalue weighted by molar-refractivity contribution is 5.95. The number of rotatable bonds is 4. The zero-order chi connectivity index (χ0) is 17.1. The molecule has 3 rings (SSSR count). The number of aromatic hydroxyl groups is 1. The first-order valence-corrected chi connectivity index (χ1v) is 7.76. The van der Waals surface area contributed by atoms with Gasteiger partial charge in [-0.3, -0.25) is 0 Å². The number of benzene rings is 1. The lowest BCUT2D eigenvalue weighted by Gasteiger charge is -2.24. The molecular formula is C17H19NO6. The molecule has 1 unspecified atom stereocenters. The van der Waals surface area contributed by atoms with Gasteiger partial charge in [0.05, 0.1) is 18.2 Å². The van der Waals surface area contributed by atoms with Gasteiger partial charge >= 0.3 is 5.63 Å². The Balaban J connectivity index is 2.02. The van der Waals surface area contributed by atoms with Gasteiger partial charge in [-0.15, -0.1) is 0 Å². The van der Waals surface area contributed by atoms with Gasteiger partial charge < -0.3 is 23.8 Å². The highest BCUT2D eigenvalue weighted by Crippen LogP contribution is 2.33. The molecule has 1 fully saturated rings. The Bertz CT molecular complexity index is 820. The third-order valence-electron chi connectivity index (χ3n) is 3.96. The van der Waals surface area contributed by atoms with Crippen molar-refractivity contribution < 1.29 is 23.8 Å². The van der Waals surface area contributed by atoms with Crippen molar-refractivity contribution in [2.24, 2.45) is 5.16 Å². The first-order chi connectivity index (χ1) is 11.6. The maximum Gasteiger partial charge on any atom is 0.349 e. The average molecular weight is 333 g/mol. The number of ether oxygens (including phenoxy) is 2. The molecule has 1 aromatic carbocycles. The van der Waals surface area contributed by atoms with Crippen LogP contribution in [0.25, 0.3) is 11.0 Å². The van der Waals surface area contributed by atoms with Gasteiger partial charge in [-0.25, -0.2) is 4.79 Å². The molecule has 24 heavy (non-hydrogen) atoms. The maximum absolute atomic E-state index is 12.1. The first kappa shape index (κ1) is 16.3. The van der Waals surface area contributed by atoms with Crippen LogP contribution < -0.4 is 10.4 Å². The summed E-state index contributed by atoms with van der Waals surface area (Å²) in [5, 5.41) is 14.2. The summed E-state index contributed by atoms with van der Waals surface area (Å²) < 4.78 is 16.8. The van der Waals surface area contributed by atoms with Crippen LogP contribution in [0.2, 0.25) is 0 Å². The Morgan fingerprint density at radius 1 is 1.38 bits per heavy atom. The van der Waals surface area contributed by atoms with Gasteiger partial charge in [-0.05, 0) is 31.9 Å². The van der Waals surface area contributed by atoms with Crippen LogP contribution in [0.3, 0.4) is 0 Å². The van der Waals surface area contributed by atoms with Crippen molar-refractivity contribution in [2.75, 3.05) is 13.7 Å². The van der Waals surface area contributed by atoms with Gasteiger partial charge in [-0.2, -0.15) is 0 Å². The van der Waals surface area contributed by atoms with Crippen LogP contribution >= 0.6 is 0 Å². The number of aryl methyl sites for hydroxylation is 1. The van der Waals surface area contributed by atoms with Crippen LogP contribution in [-0.4, -0.2) is 31.3 Å². The lowest BCUT2D eigenvalue weighted by Crippen LogP contribution is -2.25. The van der Waals surface area contributed by atoms with E-state index in [1.807, 2.05) is 0 Å². The molecule has 2 aromatic rings. The second-order valence-electron chi connectivity index (χ2n) is 5.55. The van der Waals surface area contributed by atoms with Crippen molar-refractivity contribution in [3.8, 4) is 11.5 Å². The second-order valence-corrected chi connectivity index (χ2v) is 5.55. The largest absolute Gasteiger partial charge is 0.506 e. The van der Waals surface area contributed by atoms with Crippen LogP contribution in [0, 0.1) is 6.92 Å². The van der Waals surface area contributed by atoms with Crippen molar-refractivity contribution in [2.45, 2.75) is 32.5 Å². The van der Waals surface area contributed by atoms with E-state index in [0.717, 1.165) is 25.5 Å². The molecule has 2 heterocycles. The summed E-state index contributed by atoms with van der Waals surface area (Å²) in [5.74, 6) is 0.362. The van der Waals surface area contributed by atoms with E-state index in [2.05, 4.69) is 9.99 Å². The van der Waals surface area contributed by atoms with Crippen molar-refractivity contribution in [3.05, 3.63) is 33.7 Å². The first-order valence-electron chi connectivity index (χ1n) is 7.76. The summed E-state index contributed by atoms with van der Waals surface area (Å²) in [5.41, 5.74) is 0.146. The Hall–Kier alpha value is -2.54. The summed E-state index contributed by atoms with van der Waals surface area (Å²) in [7, 11) is 1.34. The quantitative estimate of drug-likeness (QED) is 0.525. The smallest absolute Gasteiger partial charge is 0.349 e. The van der Waals surface area contributed by atoms with Crippen molar-refractivity contribution in [1.29, 1.82) is 0 Å². The topological polar surface area (TPSA) is 90.5 Å². The van der Waals surface area contributed by atoms with Gasteiger partial charge in [0.2, 0.25) is 0 Å². The molecule has 1 aromatic heterocycles. The summed E-state index contributed by atoms with van der Waals surface area (Å²) in [6, 6.07) is 3.37. The summed E-state index contributed by atoms with van der Waals surface area (Å²) in [6.45, 7) is 2.45. The molecule has 7 nitrogen and oxygen atoms in total. The number of hydrogen-bond donors (Lipinski definition) is 1. The summed E-state index contributed by atoms with van der Waals surface area (Å²) >= 11 is 0. The molecule has 1 aliphatic rings. The molecule has 0 radical (unpaired) electrons. The van der Waals surface area contributed by atoms with E-state index in [4.69, 9.17) is 13.9 Å². The fraction of sp³-hybridized carbons (Fsp3) is 0.412. The normalized spacial score (nSPS) is 18.2. The van der Waals surface area contributed by atoms with Crippen molar-refractivity contribution >= 4 is 17.2 Å². The Morgan fingerprint density at radius 3 is 2.92 bits per heavy atom. The SMILES string of the molecule is CO/N=C/c1c(O)c2ccc(OC3CCCCO3)c(C)c2oc1=O. The van der Waals surface area contributed by atoms with Crippen molar-refractivity contribution in [1.82, 2.24) is 0 Å². The highest BCUT2D eigenvalue weighted by Gasteiger charge is 2.20. The average Bonchev–Trinajstić information content (AvgIpc) is 2.59. The lowest BCUT2D eigenvalue weighted by atomic mass is 10.1. The Kier molecular flexibility index (Phi) is 4.71. The van der Waals surface area contributed by atoms with Crippen LogP contribution in [0.4, 0.5) is 0 Å². The standard InChI is InChI=1S/C17H19NO6/c1-10-13(23-14-5-3-4-8-22-14)7-6-11-15(19)12(9-18-21-2)17(20)24-16(10)11/h6-7,9,14,19H,3-5,8H2,1-2H3/b18-9+. The highest BCUT2D eigenvalue weighted by atomic mass is 16.7. The third kappa shape index (κ3) is 3.07. The fourth-order valence-corrected chi connectivity index (χ4v) is 2.67. The minimum Gasteiger partial charge on any atom is -0.506 e. The molecule has 0 bridgehead atoms. The number of nitrogens with zero attached hydrogens (tertiary/aromatic N) is 1. The molecule has 1 saturated heterocycles. The molecule has 0 saturated carbocycles. The van der Waals surface area contributed by atoms with Gasteiger partial charge in [0, 0.05) is 12.0 Å². The number of hydrogen-bond acceptors (Lipinski definition) is 7. The van der Waals surface area contributed by atoms with E-state index in [1.54, 1.807) is 19.1 Å². The third-order valence-corrected chi connectivity index (χ3v) is 3.96. The van der Waals surface area contributed by atoms with E-state index in [9.17, 15) is 9.90 Å². The Labute approximate surface area is 138 Å². The minimum absolute atomic E-state index is 0.0620. The number of fused-ring (bicyclic) bond motifs is 1. The van der Waals surface area contributed by atoms with Crippen LogP contribution in [0.5, 0.6) is 11.5 Å². The molecule has 128 valence electrons. The molecule has 0 amide bonds. The molecule has 7 heteroatoms. The van der Waals surface area contributed by atoms with Crippen LogP contribution in [-0.2, 0) is 9.57 Å². The summed E-state index contributed by atoms with van der Waals surface area (Å²) in [6.07, 6.45) is 3.72. The fourth-order valence-electron chi connectivity index (χ4n) is 2.67. The van der Waals surface area contributed by atoms with Gasteiger partial charge in [-0.1, -0.05) is 5.16 Å². The lowest BCUT2D eigenvalue weighted by molar-refractivity contribution is -0.106. The van der Waals surface area contributed by atoms with E-state index in [-0.39, 0.29) is 23.2 Å².